The molecule has 1 aliphatic carbocycles. The van der Waals surface area contributed by atoms with Gasteiger partial charge in [-0.15, -0.1) is 0 Å². The van der Waals surface area contributed by atoms with Gasteiger partial charge in [-0.1, -0.05) is 18.2 Å². The molecule has 0 saturated heterocycles. The molecular weight excluding hydrogens is 362 g/mol. The second kappa shape index (κ2) is 11.8. The van der Waals surface area contributed by atoms with Gasteiger partial charge in [0.25, 0.3) is 0 Å². The van der Waals surface area contributed by atoms with Crippen LogP contribution in [0.4, 0.5) is 5.69 Å². The standard InChI is InChI=1S/C14H17NO5.C6H6N2/c1-2-19-13(17)5-6-14(18)20-8-7-10-3-4-12(16)11(15)9-10;7-5-3-1-2-4-6(5)8/h3-6,9,16H,2,7-8,15H2,1H3;1-4,7-8H/b6-5+;. The van der Waals surface area contributed by atoms with Crippen LogP contribution in [-0.2, 0) is 25.5 Å². The van der Waals surface area contributed by atoms with Gasteiger partial charge in [0.1, 0.15) is 5.75 Å². The molecule has 0 aromatic heterocycles. The van der Waals surface area contributed by atoms with E-state index in [0.717, 1.165) is 17.7 Å². The second-order valence-electron chi connectivity index (χ2n) is 5.44. The summed E-state index contributed by atoms with van der Waals surface area (Å²) in [6.07, 6.45) is 9.20. The molecular formula is C20H23N3O5. The maximum Gasteiger partial charge on any atom is 0.331 e. The summed E-state index contributed by atoms with van der Waals surface area (Å²) in [6, 6.07) is 4.78. The predicted octanol–water partition coefficient (Wildman–Crippen LogP) is 2.33. The average molecular weight is 385 g/mol. The van der Waals surface area contributed by atoms with Crippen molar-refractivity contribution in [3.63, 3.8) is 0 Å². The van der Waals surface area contributed by atoms with Crippen molar-refractivity contribution < 1.29 is 24.2 Å². The molecule has 2 rings (SSSR count). The molecule has 8 nitrogen and oxygen atoms in total. The number of carbonyl (C=O) groups is 2. The summed E-state index contributed by atoms with van der Waals surface area (Å²) in [7, 11) is 0. The lowest BCUT2D eigenvalue weighted by atomic mass is 10.1. The first kappa shape index (κ1) is 22.4. The number of rotatable bonds is 6. The Kier molecular flexibility index (Phi) is 9.46. The summed E-state index contributed by atoms with van der Waals surface area (Å²) in [4.78, 5) is 22.2. The average Bonchev–Trinajstić information content (AvgIpc) is 2.66. The zero-order valence-electron chi connectivity index (χ0n) is 15.5. The smallest absolute Gasteiger partial charge is 0.331 e. The zero-order chi connectivity index (χ0) is 20.9. The summed E-state index contributed by atoms with van der Waals surface area (Å²) < 4.78 is 9.53. The molecule has 28 heavy (non-hydrogen) atoms. The van der Waals surface area contributed by atoms with Crippen LogP contribution < -0.4 is 5.73 Å². The number of ether oxygens (including phenoxy) is 2. The van der Waals surface area contributed by atoms with Crippen molar-refractivity contribution in [2.24, 2.45) is 0 Å². The van der Waals surface area contributed by atoms with Crippen LogP contribution in [0.25, 0.3) is 0 Å². The van der Waals surface area contributed by atoms with Gasteiger partial charge in [-0.2, -0.15) is 0 Å². The number of allylic oxidation sites excluding steroid dienone is 4. The Hall–Kier alpha value is -3.68. The zero-order valence-corrected chi connectivity index (χ0v) is 15.5. The number of phenolic OH excluding ortho intramolecular Hbond substituents is 1. The van der Waals surface area contributed by atoms with Gasteiger partial charge >= 0.3 is 11.9 Å². The third-order valence-corrected chi connectivity index (χ3v) is 3.30. The number of nitrogens with two attached hydrogens (primary N) is 1. The molecule has 0 fully saturated rings. The highest BCUT2D eigenvalue weighted by Gasteiger charge is 2.02. The van der Waals surface area contributed by atoms with Crippen LogP contribution in [0.1, 0.15) is 12.5 Å². The van der Waals surface area contributed by atoms with Crippen molar-refractivity contribution in [1.29, 1.82) is 10.8 Å². The largest absolute Gasteiger partial charge is 0.506 e. The molecule has 0 saturated carbocycles. The number of benzene rings is 1. The Morgan fingerprint density at radius 2 is 1.64 bits per heavy atom. The topological polar surface area (TPSA) is 147 Å². The number of carbonyl (C=O) groups excluding carboxylic acids is 2. The maximum atomic E-state index is 11.3. The van der Waals surface area contributed by atoms with E-state index in [0.29, 0.717) is 6.42 Å². The maximum absolute atomic E-state index is 11.3. The van der Waals surface area contributed by atoms with Gasteiger partial charge in [-0.05, 0) is 36.8 Å². The van der Waals surface area contributed by atoms with Gasteiger partial charge in [0.05, 0.1) is 30.3 Å². The number of nitrogens with one attached hydrogen (secondary N) is 2. The Morgan fingerprint density at radius 3 is 2.14 bits per heavy atom. The Bertz CT molecular complexity index is 803. The monoisotopic (exact) mass is 385 g/mol. The summed E-state index contributed by atoms with van der Waals surface area (Å²) >= 11 is 0. The normalized spacial score (nSPS) is 12.5. The van der Waals surface area contributed by atoms with Gasteiger partial charge in [0.15, 0.2) is 0 Å². The fourth-order valence-corrected chi connectivity index (χ4v) is 1.89. The molecule has 8 heteroatoms. The minimum Gasteiger partial charge on any atom is -0.506 e. The summed E-state index contributed by atoms with van der Waals surface area (Å²) in [5, 5.41) is 23.3. The molecule has 0 radical (unpaired) electrons. The van der Waals surface area contributed by atoms with E-state index in [1.54, 1.807) is 43.4 Å². The van der Waals surface area contributed by atoms with Crippen LogP contribution >= 0.6 is 0 Å². The lowest BCUT2D eigenvalue weighted by molar-refractivity contribution is -0.140. The van der Waals surface area contributed by atoms with E-state index >= 15 is 0 Å². The lowest BCUT2D eigenvalue weighted by Gasteiger charge is -2.04. The highest BCUT2D eigenvalue weighted by atomic mass is 16.5. The summed E-state index contributed by atoms with van der Waals surface area (Å²) in [5.74, 6) is -1.19. The van der Waals surface area contributed by atoms with Gasteiger partial charge in [-0.3, -0.25) is 10.8 Å². The minimum absolute atomic E-state index is 0.0168. The fourth-order valence-electron chi connectivity index (χ4n) is 1.89. The van der Waals surface area contributed by atoms with Crippen LogP contribution in [0.15, 0.2) is 54.7 Å². The number of aromatic hydroxyl groups is 1. The second-order valence-corrected chi connectivity index (χ2v) is 5.44. The first-order valence-corrected chi connectivity index (χ1v) is 8.44. The molecule has 148 valence electrons. The van der Waals surface area contributed by atoms with Crippen molar-refractivity contribution in [3.8, 4) is 5.75 Å². The highest BCUT2D eigenvalue weighted by molar-refractivity contribution is 6.48. The number of esters is 2. The first-order chi connectivity index (χ1) is 13.3. The van der Waals surface area contributed by atoms with Gasteiger partial charge in [0.2, 0.25) is 0 Å². The number of anilines is 1. The number of nitrogen functional groups attached to an aromatic ring is 1. The highest BCUT2D eigenvalue weighted by Crippen LogP contribution is 2.20. The molecule has 0 heterocycles. The third kappa shape index (κ3) is 8.61. The molecule has 0 atom stereocenters. The van der Waals surface area contributed by atoms with Crippen molar-refractivity contribution >= 4 is 29.0 Å². The van der Waals surface area contributed by atoms with Gasteiger partial charge in [-0.25, -0.2) is 9.59 Å². The molecule has 0 amide bonds. The Labute approximate surface area is 163 Å². The van der Waals surface area contributed by atoms with Crippen molar-refractivity contribution in [2.45, 2.75) is 13.3 Å². The van der Waals surface area contributed by atoms with Gasteiger partial charge in [0, 0.05) is 18.6 Å². The van der Waals surface area contributed by atoms with Crippen molar-refractivity contribution in [1.82, 2.24) is 0 Å². The SMILES string of the molecule is CCOC(=O)/C=C/C(=O)OCCc1ccc(O)c(N)c1.N=C1C=CC=CC1=N. The number of hydrogen-bond acceptors (Lipinski definition) is 8. The van der Waals surface area contributed by atoms with E-state index in [1.807, 2.05) is 0 Å². The lowest BCUT2D eigenvalue weighted by Crippen LogP contribution is -2.07. The molecule has 0 unspecified atom stereocenters. The van der Waals surface area contributed by atoms with E-state index in [1.165, 1.54) is 6.07 Å². The van der Waals surface area contributed by atoms with Crippen LogP contribution in [0, 0.1) is 10.8 Å². The molecule has 0 bridgehead atoms. The number of phenols is 1. The molecule has 0 spiro atoms. The molecule has 0 aliphatic heterocycles. The fraction of sp³-hybridized carbons (Fsp3) is 0.200. The van der Waals surface area contributed by atoms with Crippen molar-refractivity contribution in [2.75, 3.05) is 18.9 Å². The van der Waals surface area contributed by atoms with E-state index in [2.05, 4.69) is 4.74 Å². The minimum atomic E-state index is -0.621. The number of hydrogen-bond donors (Lipinski definition) is 4. The molecule has 1 aliphatic rings. The first-order valence-electron chi connectivity index (χ1n) is 8.44. The van der Waals surface area contributed by atoms with Crippen LogP contribution in [-0.4, -0.2) is 41.7 Å². The van der Waals surface area contributed by atoms with Gasteiger partial charge < -0.3 is 20.3 Å². The van der Waals surface area contributed by atoms with E-state index in [4.69, 9.17) is 21.3 Å². The molecule has 1 aromatic rings. The molecule has 5 N–H and O–H groups in total. The summed E-state index contributed by atoms with van der Waals surface area (Å²) in [6.45, 7) is 2.07. The molecule has 1 aromatic carbocycles. The Balaban J connectivity index is 0.000000406. The third-order valence-electron chi connectivity index (χ3n) is 3.30. The predicted molar refractivity (Wildman–Crippen MR) is 107 cm³/mol. The van der Waals surface area contributed by atoms with Crippen LogP contribution in [0.2, 0.25) is 0 Å². The quantitative estimate of drug-likeness (QED) is 0.194. The van der Waals surface area contributed by atoms with Crippen molar-refractivity contribution in [3.05, 3.63) is 60.2 Å². The van der Waals surface area contributed by atoms with Crippen LogP contribution in [0.3, 0.4) is 0 Å². The van der Waals surface area contributed by atoms with Crippen LogP contribution in [0.5, 0.6) is 5.75 Å². The van der Waals surface area contributed by atoms with E-state index in [9.17, 15) is 14.7 Å². The Morgan fingerprint density at radius 1 is 1.07 bits per heavy atom. The van der Waals surface area contributed by atoms with E-state index in [-0.39, 0.29) is 36.1 Å². The van der Waals surface area contributed by atoms with E-state index < -0.39 is 11.9 Å². The summed E-state index contributed by atoms with van der Waals surface area (Å²) in [5.41, 5.74) is 7.22.